The van der Waals surface area contributed by atoms with Crippen molar-refractivity contribution in [2.75, 3.05) is 24.6 Å². The van der Waals surface area contributed by atoms with Crippen LogP contribution in [0, 0.1) is 0 Å². The number of nitrogens with zero attached hydrogens (tertiary/aromatic N) is 1. The number of benzene rings is 1. The Hall–Kier alpha value is -1.51. The maximum atomic E-state index is 11.0. The summed E-state index contributed by atoms with van der Waals surface area (Å²) in [6.45, 7) is 6.46. The number of rotatable bonds is 8. The molecule has 0 aliphatic rings. The zero-order valence-electron chi connectivity index (χ0n) is 11.4. The molecule has 0 aromatic heterocycles. The van der Waals surface area contributed by atoms with Crippen LogP contribution >= 0.6 is 0 Å². The third kappa shape index (κ3) is 5.21. The summed E-state index contributed by atoms with van der Waals surface area (Å²) in [5, 5.41) is 0. The summed E-state index contributed by atoms with van der Waals surface area (Å²) in [4.78, 5) is 13.3. The molecule has 1 rings (SSSR count). The molecule has 0 radical (unpaired) electrons. The molecular formula is C15H23NO2. The van der Waals surface area contributed by atoms with Gasteiger partial charge in [-0.2, -0.15) is 0 Å². The van der Waals surface area contributed by atoms with Gasteiger partial charge in [0.2, 0.25) is 0 Å². The first kappa shape index (κ1) is 14.6. The van der Waals surface area contributed by atoms with Crippen LogP contribution in [-0.2, 0) is 9.53 Å². The van der Waals surface area contributed by atoms with E-state index in [0.29, 0.717) is 13.0 Å². The van der Waals surface area contributed by atoms with E-state index < -0.39 is 0 Å². The molecule has 0 spiro atoms. The van der Waals surface area contributed by atoms with Crippen LogP contribution in [0.2, 0.25) is 0 Å². The van der Waals surface area contributed by atoms with Gasteiger partial charge in [0.05, 0.1) is 6.61 Å². The van der Waals surface area contributed by atoms with Crippen molar-refractivity contribution in [3.63, 3.8) is 0 Å². The molecule has 0 atom stereocenters. The van der Waals surface area contributed by atoms with Gasteiger partial charge in [-0.25, -0.2) is 0 Å². The SMILES string of the molecule is CCCN(CCCOC(=O)CC)c1ccccc1. The molecule has 3 heteroatoms. The number of hydrogen-bond acceptors (Lipinski definition) is 3. The molecule has 0 fully saturated rings. The number of para-hydroxylation sites is 1. The Morgan fingerprint density at radius 1 is 1.17 bits per heavy atom. The third-order valence-electron chi connectivity index (χ3n) is 2.74. The summed E-state index contributed by atoms with van der Waals surface area (Å²) in [5.74, 6) is -0.114. The average molecular weight is 249 g/mol. The Balaban J connectivity index is 2.37. The van der Waals surface area contributed by atoms with E-state index in [9.17, 15) is 4.79 Å². The number of carbonyl (C=O) groups is 1. The zero-order valence-corrected chi connectivity index (χ0v) is 11.4. The monoisotopic (exact) mass is 249 g/mol. The van der Waals surface area contributed by atoms with E-state index in [0.717, 1.165) is 25.9 Å². The van der Waals surface area contributed by atoms with Crippen molar-refractivity contribution in [2.24, 2.45) is 0 Å². The van der Waals surface area contributed by atoms with E-state index in [2.05, 4.69) is 36.1 Å². The Morgan fingerprint density at radius 3 is 2.50 bits per heavy atom. The fourth-order valence-corrected chi connectivity index (χ4v) is 1.82. The standard InChI is InChI=1S/C15H23NO2/c1-3-11-16(14-9-6-5-7-10-14)12-8-13-18-15(17)4-2/h5-7,9-10H,3-4,8,11-13H2,1-2H3. The number of hydrogen-bond donors (Lipinski definition) is 0. The van der Waals surface area contributed by atoms with E-state index in [4.69, 9.17) is 4.74 Å². The fraction of sp³-hybridized carbons (Fsp3) is 0.533. The van der Waals surface area contributed by atoms with Crippen molar-refractivity contribution >= 4 is 11.7 Å². The number of ether oxygens (including phenoxy) is 1. The molecule has 0 heterocycles. The molecule has 100 valence electrons. The van der Waals surface area contributed by atoms with Crippen LogP contribution in [0.25, 0.3) is 0 Å². The first-order valence-electron chi connectivity index (χ1n) is 6.73. The maximum Gasteiger partial charge on any atom is 0.305 e. The number of esters is 1. The smallest absolute Gasteiger partial charge is 0.305 e. The number of anilines is 1. The van der Waals surface area contributed by atoms with E-state index in [1.807, 2.05) is 13.0 Å². The average Bonchev–Trinajstić information content (AvgIpc) is 2.43. The predicted molar refractivity (Wildman–Crippen MR) is 74.8 cm³/mol. The lowest BCUT2D eigenvalue weighted by atomic mass is 10.2. The van der Waals surface area contributed by atoms with Crippen molar-refractivity contribution in [1.82, 2.24) is 0 Å². The second-order valence-corrected chi connectivity index (χ2v) is 4.25. The largest absolute Gasteiger partial charge is 0.466 e. The molecule has 0 N–H and O–H groups in total. The molecule has 0 aliphatic carbocycles. The van der Waals surface area contributed by atoms with Crippen molar-refractivity contribution in [1.29, 1.82) is 0 Å². The zero-order chi connectivity index (χ0) is 13.2. The van der Waals surface area contributed by atoms with Crippen molar-refractivity contribution in [3.05, 3.63) is 30.3 Å². The van der Waals surface area contributed by atoms with E-state index in [-0.39, 0.29) is 5.97 Å². The van der Waals surface area contributed by atoms with Gasteiger partial charge in [-0.1, -0.05) is 32.0 Å². The minimum Gasteiger partial charge on any atom is -0.466 e. The molecule has 0 saturated heterocycles. The lowest BCUT2D eigenvalue weighted by molar-refractivity contribution is -0.143. The minimum atomic E-state index is -0.114. The Labute approximate surface area is 110 Å². The second-order valence-electron chi connectivity index (χ2n) is 4.25. The molecule has 0 saturated carbocycles. The second kappa shape index (κ2) is 8.56. The molecule has 0 aliphatic heterocycles. The summed E-state index contributed by atoms with van der Waals surface area (Å²) in [6, 6.07) is 10.4. The topological polar surface area (TPSA) is 29.5 Å². The molecule has 0 unspecified atom stereocenters. The fourth-order valence-electron chi connectivity index (χ4n) is 1.82. The Morgan fingerprint density at radius 2 is 1.89 bits per heavy atom. The van der Waals surface area contributed by atoms with Crippen LogP contribution in [-0.4, -0.2) is 25.7 Å². The molecule has 18 heavy (non-hydrogen) atoms. The lowest BCUT2D eigenvalue weighted by Gasteiger charge is -2.24. The first-order valence-corrected chi connectivity index (χ1v) is 6.73. The quantitative estimate of drug-likeness (QED) is 0.523. The van der Waals surface area contributed by atoms with Crippen LogP contribution < -0.4 is 4.90 Å². The molecule has 0 amide bonds. The van der Waals surface area contributed by atoms with Crippen LogP contribution in [0.3, 0.4) is 0 Å². The summed E-state index contributed by atoms with van der Waals surface area (Å²) in [7, 11) is 0. The van der Waals surface area contributed by atoms with Gasteiger partial charge in [-0.3, -0.25) is 4.79 Å². The summed E-state index contributed by atoms with van der Waals surface area (Å²) in [5.41, 5.74) is 1.24. The van der Waals surface area contributed by atoms with Gasteiger partial charge in [-0.05, 0) is 25.0 Å². The highest BCUT2D eigenvalue weighted by atomic mass is 16.5. The molecule has 0 bridgehead atoms. The molecule has 1 aromatic rings. The van der Waals surface area contributed by atoms with Crippen molar-refractivity contribution < 1.29 is 9.53 Å². The van der Waals surface area contributed by atoms with E-state index >= 15 is 0 Å². The van der Waals surface area contributed by atoms with Crippen LogP contribution in [0.1, 0.15) is 33.1 Å². The van der Waals surface area contributed by atoms with Gasteiger partial charge in [0.15, 0.2) is 0 Å². The summed E-state index contributed by atoms with van der Waals surface area (Å²) in [6.07, 6.45) is 2.45. The summed E-state index contributed by atoms with van der Waals surface area (Å²) >= 11 is 0. The minimum absolute atomic E-state index is 0.114. The molecule has 1 aromatic carbocycles. The highest BCUT2D eigenvalue weighted by molar-refractivity contribution is 5.68. The lowest BCUT2D eigenvalue weighted by Crippen LogP contribution is -2.26. The predicted octanol–water partition coefficient (Wildman–Crippen LogP) is 3.25. The Bertz CT molecular complexity index is 338. The highest BCUT2D eigenvalue weighted by Gasteiger charge is 2.05. The third-order valence-corrected chi connectivity index (χ3v) is 2.74. The Kier molecular flexibility index (Phi) is 6.92. The van der Waals surface area contributed by atoms with Crippen LogP contribution in [0.5, 0.6) is 0 Å². The summed E-state index contributed by atoms with van der Waals surface area (Å²) < 4.78 is 5.09. The van der Waals surface area contributed by atoms with Crippen molar-refractivity contribution in [3.8, 4) is 0 Å². The van der Waals surface area contributed by atoms with Gasteiger partial charge in [0, 0.05) is 25.2 Å². The molecule has 3 nitrogen and oxygen atoms in total. The van der Waals surface area contributed by atoms with Gasteiger partial charge >= 0.3 is 5.97 Å². The van der Waals surface area contributed by atoms with Crippen LogP contribution in [0.15, 0.2) is 30.3 Å². The van der Waals surface area contributed by atoms with Gasteiger partial charge in [0.25, 0.3) is 0 Å². The van der Waals surface area contributed by atoms with E-state index in [1.165, 1.54) is 5.69 Å². The highest BCUT2D eigenvalue weighted by Crippen LogP contribution is 2.13. The maximum absolute atomic E-state index is 11.0. The van der Waals surface area contributed by atoms with Gasteiger partial charge < -0.3 is 9.64 Å². The van der Waals surface area contributed by atoms with Gasteiger partial charge in [-0.15, -0.1) is 0 Å². The number of carbonyl (C=O) groups excluding carboxylic acids is 1. The van der Waals surface area contributed by atoms with Gasteiger partial charge in [0.1, 0.15) is 0 Å². The van der Waals surface area contributed by atoms with E-state index in [1.54, 1.807) is 0 Å². The van der Waals surface area contributed by atoms with Crippen LogP contribution in [0.4, 0.5) is 5.69 Å². The first-order chi connectivity index (χ1) is 8.77. The van der Waals surface area contributed by atoms with Crippen molar-refractivity contribution in [2.45, 2.75) is 33.1 Å². The molecular weight excluding hydrogens is 226 g/mol. The normalized spacial score (nSPS) is 10.1.